The van der Waals surface area contributed by atoms with E-state index in [1.54, 1.807) is 23.1 Å². The number of carbonyl (C=O) groups is 1. The monoisotopic (exact) mass is 407 g/mol. The van der Waals surface area contributed by atoms with E-state index in [1.165, 1.54) is 30.3 Å². The smallest absolute Gasteiger partial charge is 0.306 e. The van der Waals surface area contributed by atoms with Gasteiger partial charge in [-0.2, -0.15) is 8.42 Å². The molecule has 1 saturated heterocycles. The molecule has 150 valence electrons. The molecule has 0 saturated carbocycles. The SMILES string of the molecule is CS(=O)(=O)Oc1ccc(CN(C[C@H]2CCCO2)C(=O)c2ccccc2F)cc1. The third-order valence-corrected chi connectivity index (χ3v) is 4.88. The van der Waals surface area contributed by atoms with Crippen molar-refractivity contribution in [2.24, 2.45) is 0 Å². The number of amides is 1. The van der Waals surface area contributed by atoms with Gasteiger partial charge in [0.15, 0.2) is 0 Å². The molecule has 2 aromatic carbocycles. The maximum atomic E-state index is 14.1. The zero-order valence-electron chi connectivity index (χ0n) is 15.5. The molecule has 1 aliphatic rings. The Labute approximate surface area is 164 Å². The molecular formula is C20H22FNO5S. The summed E-state index contributed by atoms with van der Waals surface area (Å²) in [4.78, 5) is 14.5. The number of hydrogen-bond acceptors (Lipinski definition) is 5. The molecule has 0 bridgehead atoms. The van der Waals surface area contributed by atoms with Gasteiger partial charge in [0.1, 0.15) is 11.6 Å². The molecule has 0 N–H and O–H groups in total. The third kappa shape index (κ3) is 5.53. The van der Waals surface area contributed by atoms with Crippen molar-refractivity contribution >= 4 is 16.0 Å². The molecule has 1 amide bonds. The van der Waals surface area contributed by atoms with Gasteiger partial charge in [-0.3, -0.25) is 4.79 Å². The van der Waals surface area contributed by atoms with E-state index in [1.807, 2.05) is 0 Å². The Kier molecular flexibility index (Phi) is 6.31. The van der Waals surface area contributed by atoms with Crippen molar-refractivity contribution in [1.82, 2.24) is 4.90 Å². The predicted octanol–water partition coefficient (Wildman–Crippen LogP) is 2.99. The molecule has 1 aliphatic heterocycles. The van der Waals surface area contributed by atoms with Crippen LogP contribution in [0.2, 0.25) is 0 Å². The standard InChI is InChI=1S/C20H22FNO5S/c1-28(24,25)27-16-10-8-15(9-11-16)13-22(14-17-5-4-12-26-17)20(23)18-6-2-3-7-19(18)21/h2-3,6-11,17H,4-5,12-14H2,1H3/t17-/m1/s1. The van der Waals surface area contributed by atoms with Gasteiger partial charge in [-0.05, 0) is 42.7 Å². The van der Waals surface area contributed by atoms with Crippen LogP contribution >= 0.6 is 0 Å². The highest BCUT2D eigenvalue weighted by Gasteiger charge is 2.25. The average Bonchev–Trinajstić information content (AvgIpc) is 3.14. The van der Waals surface area contributed by atoms with Gasteiger partial charge in [0.05, 0.1) is 17.9 Å². The van der Waals surface area contributed by atoms with Gasteiger partial charge in [-0.1, -0.05) is 24.3 Å². The van der Waals surface area contributed by atoms with E-state index in [-0.39, 0.29) is 24.0 Å². The maximum absolute atomic E-state index is 14.1. The minimum atomic E-state index is -3.61. The number of hydrogen-bond donors (Lipinski definition) is 0. The van der Waals surface area contributed by atoms with Crippen LogP contribution in [0.4, 0.5) is 4.39 Å². The summed E-state index contributed by atoms with van der Waals surface area (Å²) in [5, 5.41) is 0. The minimum Gasteiger partial charge on any atom is -0.383 e. The van der Waals surface area contributed by atoms with Crippen LogP contribution in [0.15, 0.2) is 48.5 Å². The summed E-state index contributed by atoms with van der Waals surface area (Å²) in [6.07, 6.45) is 2.67. The van der Waals surface area contributed by atoms with Crippen molar-refractivity contribution < 1.29 is 26.5 Å². The molecule has 0 spiro atoms. The Hall–Kier alpha value is -2.45. The van der Waals surface area contributed by atoms with Gasteiger partial charge < -0.3 is 13.8 Å². The molecule has 0 radical (unpaired) electrons. The Bertz CT molecular complexity index is 924. The average molecular weight is 407 g/mol. The lowest BCUT2D eigenvalue weighted by molar-refractivity contribution is 0.0504. The van der Waals surface area contributed by atoms with Gasteiger partial charge in [-0.15, -0.1) is 0 Å². The summed E-state index contributed by atoms with van der Waals surface area (Å²) in [6, 6.07) is 12.3. The lowest BCUT2D eigenvalue weighted by atomic mass is 10.1. The van der Waals surface area contributed by atoms with Gasteiger partial charge in [0.25, 0.3) is 5.91 Å². The second-order valence-electron chi connectivity index (χ2n) is 6.73. The van der Waals surface area contributed by atoms with E-state index in [4.69, 9.17) is 8.92 Å². The molecule has 0 aliphatic carbocycles. The first kappa shape index (κ1) is 20.3. The molecule has 0 unspecified atom stereocenters. The molecule has 1 fully saturated rings. The van der Waals surface area contributed by atoms with Crippen molar-refractivity contribution in [3.8, 4) is 5.75 Å². The minimum absolute atomic E-state index is 0.0116. The molecule has 3 rings (SSSR count). The topological polar surface area (TPSA) is 72.9 Å². The van der Waals surface area contributed by atoms with Gasteiger partial charge >= 0.3 is 10.1 Å². The van der Waals surface area contributed by atoms with Crippen LogP contribution in [0.3, 0.4) is 0 Å². The maximum Gasteiger partial charge on any atom is 0.306 e. The second-order valence-corrected chi connectivity index (χ2v) is 8.31. The number of nitrogens with zero attached hydrogens (tertiary/aromatic N) is 1. The molecule has 6 nitrogen and oxygen atoms in total. The summed E-state index contributed by atoms with van der Waals surface area (Å²) in [6.45, 7) is 1.25. The van der Waals surface area contributed by atoms with Crippen LogP contribution in [-0.2, 0) is 21.4 Å². The van der Waals surface area contributed by atoms with Crippen LogP contribution in [0, 0.1) is 5.82 Å². The molecule has 0 aromatic heterocycles. The van der Waals surface area contributed by atoms with Crippen LogP contribution in [0.5, 0.6) is 5.75 Å². The first-order chi connectivity index (χ1) is 13.3. The highest BCUT2D eigenvalue weighted by Crippen LogP contribution is 2.20. The molecule has 1 atom stereocenters. The van der Waals surface area contributed by atoms with Gasteiger partial charge in [-0.25, -0.2) is 4.39 Å². The fourth-order valence-electron chi connectivity index (χ4n) is 3.10. The Balaban J connectivity index is 1.78. The van der Waals surface area contributed by atoms with Crippen LogP contribution in [-0.4, -0.2) is 44.7 Å². The van der Waals surface area contributed by atoms with Gasteiger partial charge in [0, 0.05) is 19.7 Å². The largest absolute Gasteiger partial charge is 0.383 e. The summed E-state index contributed by atoms with van der Waals surface area (Å²) < 4.78 is 47.0. The van der Waals surface area contributed by atoms with E-state index in [2.05, 4.69) is 0 Å². The quantitative estimate of drug-likeness (QED) is 0.660. The number of rotatable bonds is 7. The van der Waals surface area contributed by atoms with Crippen molar-refractivity contribution in [1.29, 1.82) is 0 Å². The second kappa shape index (κ2) is 8.70. The molecule has 2 aromatic rings. The summed E-state index contributed by atoms with van der Waals surface area (Å²) >= 11 is 0. The molecular weight excluding hydrogens is 385 g/mol. The Morgan fingerprint density at radius 3 is 2.54 bits per heavy atom. The molecule has 8 heteroatoms. The highest BCUT2D eigenvalue weighted by atomic mass is 32.2. The zero-order valence-corrected chi connectivity index (χ0v) is 16.3. The number of halogens is 1. The Morgan fingerprint density at radius 2 is 1.93 bits per heavy atom. The lowest BCUT2D eigenvalue weighted by Crippen LogP contribution is -2.37. The first-order valence-electron chi connectivity index (χ1n) is 8.95. The van der Waals surface area contributed by atoms with Crippen molar-refractivity contribution in [3.05, 3.63) is 65.5 Å². The number of carbonyl (C=O) groups excluding carboxylic acids is 1. The zero-order chi connectivity index (χ0) is 20.1. The normalized spacial score (nSPS) is 16.7. The summed E-state index contributed by atoms with van der Waals surface area (Å²) in [7, 11) is -3.61. The number of ether oxygens (including phenoxy) is 1. The summed E-state index contributed by atoms with van der Waals surface area (Å²) in [5.74, 6) is -0.788. The van der Waals surface area contributed by atoms with E-state index in [0.29, 0.717) is 13.2 Å². The first-order valence-corrected chi connectivity index (χ1v) is 10.8. The third-order valence-electron chi connectivity index (χ3n) is 4.38. The van der Waals surface area contributed by atoms with Crippen molar-refractivity contribution in [3.63, 3.8) is 0 Å². The molecule has 28 heavy (non-hydrogen) atoms. The van der Waals surface area contributed by atoms with Crippen LogP contribution in [0.1, 0.15) is 28.8 Å². The number of benzene rings is 2. The summed E-state index contributed by atoms with van der Waals surface area (Å²) in [5.41, 5.74) is 0.779. The lowest BCUT2D eigenvalue weighted by Gasteiger charge is -2.26. The van der Waals surface area contributed by atoms with Crippen LogP contribution < -0.4 is 4.18 Å². The van der Waals surface area contributed by atoms with E-state index >= 15 is 0 Å². The highest BCUT2D eigenvalue weighted by molar-refractivity contribution is 7.86. The predicted molar refractivity (Wildman–Crippen MR) is 102 cm³/mol. The van der Waals surface area contributed by atoms with Crippen molar-refractivity contribution in [2.75, 3.05) is 19.4 Å². The van der Waals surface area contributed by atoms with E-state index in [9.17, 15) is 17.6 Å². The van der Waals surface area contributed by atoms with Crippen molar-refractivity contribution in [2.45, 2.75) is 25.5 Å². The fraction of sp³-hybridized carbons (Fsp3) is 0.350. The van der Waals surface area contributed by atoms with E-state index < -0.39 is 21.8 Å². The van der Waals surface area contributed by atoms with Crippen LogP contribution in [0.25, 0.3) is 0 Å². The Morgan fingerprint density at radius 1 is 1.21 bits per heavy atom. The van der Waals surface area contributed by atoms with E-state index in [0.717, 1.165) is 24.7 Å². The fourth-order valence-corrected chi connectivity index (χ4v) is 3.56. The van der Waals surface area contributed by atoms with Gasteiger partial charge in [0.2, 0.25) is 0 Å². The molecule has 1 heterocycles.